The maximum Gasteiger partial charge on any atom is 0.126 e. The number of ether oxygens (including phenoxy) is 2. The molecule has 4 rings (SSSR count). The van der Waals surface area contributed by atoms with E-state index in [0.717, 1.165) is 11.1 Å². The molecule has 0 aliphatic carbocycles. The van der Waals surface area contributed by atoms with Crippen LogP contribution in [0.2, 0.25) is 0 Å². The lowest BCUT2D eigenvalue weighted by Crippen LogP contribution is -2.45. The van der Waals surface area contributed by atoms with E-state index in [1.165, 1.54) is 24.3 Å². The third-order valence-electron chi connectivity index (χ3n) is 5.70. The zero-order valence-corrected chi connectivity index (χ0v) is 17.7. The summed E-state index contributed by atoms with van der Waals surface area (Å²) in [5.74, 6) is 0.624. The fourth-order valence-corrected chi connectivity index (χ4v) is 4.52. The monoisotopic (exact) mass is 437 g/mol. The van der Waals surface area contributed by atoms with E-state index in [9.17, 15) is 19.0 Å². The first-order valence-electron chi connectivity index (χ1n) is 10.1. The van der Waals surface area contributed by atoms with Crippen LogP contribution in [-0.2, 0) is 12.8 Å². The lowest BCUT2D eigenvalue weighted by atomic mass is 9.98. The van der Waals surface area contributed by atoms with Crippen LogP contribution in [0.5, 0.6) is 11.5 Å². The summed E-state index contributed by atoms with van der Waals surface area (Å²) in [4.78, 5) is 0. The van der Waals surface area contributed by atoms with Gasteiger partial charge in [-0.25, -0.2) is 8.78 Å². The van der Waals surface area contributed by atoms with Gasteiger partial charge in [-0.05, 0) is 73.2 Å². The molecule has 0 radical (unpaired) electrons. The Morgan fingerprint density at radius 2 is 1.30 bits per heavy atom. The zero-order valence-electron chi connectivity index (χ0n) is 16.5. The maximum atomic E-state index is 13.3. The summed E-state index contributed by atoms with van der Waals surface area (Å²) in [6.07, 6.45) is 0.170. The summed E-state index contributed by atoms with van der Waals surface area (Å²) < 4.78 is 40.1. The van der Waals surface area contributed by atoms with Crippen LogP contribution in [0.4, 0.5) is 8.78 Å². The molecule has 0 aromatic heterocycles. The number of aliphatic hydroxyl groups excluding tert-OH is 2. The van der Waals surface area contributed by atoms with Gasteiger partial charge in [0.1, 0.15) is 47.5 Å². The second-order valence-corrected chi connectivity index (χ2v) is 8.71. The Labute approximate surface area is 176 Å². The molecule has 0 fully saturated rings. The van der Waals surface area contributed by atoms with Crippen LogP contribution >= 0.6 is 9.39 Å². The quantitative estimate of drug-likeness (QED) is 0.681. The lowest BCUT2D eigenvalue weighted by Gasteiger charge is -2.34. The number of benzene rings is 2. The smallest absolute Gasteiger partial charge is 0.126 e. The number of halogens is 2. The summed E-state index contributed by atoms with van der Waals surface area (Å²) in [7, 11) is 2.52. The molecule has 2 aromatic rings. The highest BCUT2D eigenvalue weighted by Crippen LogP contribution is 2.31. The highest BCUT2D eigenvalue weighted by molar-refractivity contribution is 7.13. The normalized spacial score (nSPS) is 22.5. The van der Waals surface area contributed by atoms with Gasteiger partial charge in [-0.15, -0.1) is 0 Å². The largest absolute Gasteiger partial charge is 0.487 e. The molecule has 5 unspecified atom stereocenters. The Kier molecular flexibility index (Phi) is 6.54. The van der Waals surface area contributed by atoms with Crippen LogP contribution < -0.4 is 9.47 Å². The molecule has 30 heavy (non-hydrogen) atoms. The molecule has 0 amide bonds. The minimum atomic E-state index is -0.760. The van der Waals surface area contributed by atoms with Gasteiger partial charge in [0, 0.05) is 13.1 Å². The van der Waals surface area contributed by atoms with Gasteiger partial charge >= 0.3 is 0 Å². The Morgan fingerprint density at radius 1 is 0.867 bits per heavy atom. The number of hydrogen-bond acceptors (Lipinski definition) is 5. The summed E-state index contributed by atoms with van der Waals surface area (Å²) in [6, 6.07) is 8.82. The number of rotatable bonds is 6. The van der Waals surface area contributed by atoms with Gasteiger partial charge < -0.3 is 19.7 Å². The van der Waals surface area contributed by atoms with Crippen molar-refractivity contribution in [1.82, 2.24) is 4.67 Å². The molecule has 5 nitrogen and oxygen atoms in total. The van der Waals surface area contributed by atoms with Crippen molar-refractivity contribution in [3.63, 3.8) is 0 Å². The van der Waals surface area contributed by atoms with E-state index in [-0.39, 0.29) is 24.7 Å². The zero-order chi connectivity index (χ0) is 21.3. The number of hydrogen-bond donors (Lipinski definition) is 2. The molecule has 5 atom stereocenters. The third kappa shape index (κ3) is 4.92. The van der Waals surface area contributed by atoms with Crippen LogP contribution in [0.3, 0.4) is 0 Å². The number of aryl methyl sites for hydroxylation is 2. The molecular formula is C22H26F2NO4P. The Bertz CT molecular complexity index is 828. The third-order valence-corrected chi connectivity index (χ3v) is 6.12. The minimum Gasteiger partial charge on any atom is -0.487 e. The fraction of sp³-hybridized carbons (Fsp3) is 0.455. The Balaban J connectivity index is 1.28. The molecule has 2 aliphatic heterocycles. The average Bonchev–Trinajstić information content (AvgIpc) is 2.72. The average molecular weight is 437 g/mol. The van der Waals surface area contributed by atoms with Gasteiger partial charge in [-0.2, -0.15) is 0 Å². The molecular weight excluding hydrogens is 411 g/mol. The summed E-state index contributed by atoms with van der Waals surface area (Å²) in [5.41, 5.74) is 1.62. The minimum absolute atomic E-state index is 0.289. The number of fused-ring (bicyclic) bond motifs is 2. The molecule has 0 spiro atoms. The van der Waals surface area contributed by atoms with Crippen LogP contribution in [0.15, 0.2) is 36.4 Å². The van der Waals surface area contributed by atoms with E-state index in [1.807, 2.05) is 0 Å². The summed E-state index contributed by atoms with van der Waals surface area (Å²) in [6.45, 7) is 0.578. The van der Waals surface area contributed by atoms with Crippen molar-refractivity contribution < 1.29 is 28.5 Å². The Hall–Kier alpha value is -1.79. The van der Waals surface area contributed by atoms with Crippen molar-refractivity contribution in [1.29, 1.82) is 0 Å². The van der Waals surface area contributed by atoms with Crippen molar-refractivity contribution in [2.24, 2.45) is 0 Å². The van der Waals surface area contributed by atoms with Gasteiger partial charge in [0.2, 0.25) is 0 Å². The van der Waals surface area contributed by atoms with Crippen LogP contribution in [0.25, 0.3) is 0 Å². The van der Waals surface area contributed by atoms with E-state index < -0.39 is 24.4 Å². The Morgan fingerprint density at radius 3 is 1.73 bits per heavy atom. The van der Waals surface area contributed by atoms with E-state index in [1.54, 1.807) is 16.8 Å². The molecule has 0 saturated carbocycles. The summed E-state index contributed by atoms with van der Waals surface area (Å²) >= 11 is 0. The van der Waals surface area contributed by atoms with Crippen LogP contribution in [0.1, 0.15) is 24.0 Å². The lowest BCUT2D eigenvalue weighted by molar-refractivity contribution is -0.00758. The SMILES string of the molecule is OC(CN(P)CC(O)C1CCc2cc(F)ccc2O1)C1CCc2cc(F)ccc2O1. The predicted molar refractivity (Wildman–Crippen MR) is 112 cm³/mol. The van der Waals surface area contributed by atoms with Crippen molar-refractivity contribution in [3.8, 4) is 11.5 Å². The van der Waals surface area contributed by atoms with Crippen molar-refractivity contribution in [2.45, 2.75) is 50.1 Å². The first kappa shape index (κ1) is 21.4. The highest BCUT2D eigenvalue weighted by Gasteiger charge is 2.30. The second kappa shape index (κ2) is 9.15. The van der Waals surface area contributed by atoms with E-state index >= 15 is 0 Å². The molecule has 2 aromatic carbocycles. The van der Waals surface area contributed by atoms with Gasteiger partial charge in [0.05, 0.1) is 0 Å². The molecule has 2 aliphatic rings. The predicted octanol–water partition coefficient (Wildman–Crippen LogP) is 2.87. The topological polar surface area (TPSA) is 62.2 Å². The second-order valence-electron chi connectivity index (χ2n) is 7.98. The van der Waals surface area contributed by atoms with Crippen molar-refractivity contribution >= 4 is 9.39 Å². The first-order valence-corrected chi connectivity index (χ1v) is 10.7. The van der Waals surface area contributed by atoms with Gasteiger partial charge in [0.25, 0.3) is 0 Å². The maximum absolute atomic E-state index is 13.3. The van der Waals surface area contributed by atoms with Crippen molar-refractivity contribution in [3.05, 3.63) is 59.2 Å². The van der Waals surface area contributed by atoms with Gasteiger partial charge in [-0.1, -0.05) is 9.39 Å². The van der Waals surface area contributed by atoms with Crippen LogP contribution in [-0.4, -0.2) is 52.4 Å². The highest BCUT2D eigenvalue weighted by atomic mass is 31.0. The standard InChI is InChI=1S/C22H26F2NO4P/c23-15-3-7-19-13(9-15)1-5-21(28-19)17(26)11-25(30)12-18(27)22-6-2-14-10-16(24)4-8-20(14)29-22/h3-4,7-10,17-18,21-22,26-27H,1-2,5-6,11-12,30H2. The number of aliphatic hydroxyl groups is 2. The molecule has 162 valence electrons. The molecule has 0 saturated heterocycles. The van der Waals surface area contributed by atoms with Gasteiger partial charge in [-0.3, -0.25) is 4.67 Å². The fourth-order valence-electron chi connectivity index (χ4n) is 4.09. The van der Waals surface area contributed by atoms with E-state index in [0.29, 0.717) is 37.2 Å². The van der Waals surface area contributed by atoms with E-state index in [4.69, 9.17) is 9.47 Å². The molecule has 2 heterocycles. The molecule has 2 N–H and O–H groups in total. The van der Waals surface area contributed by atoms with Crippen molar-refractivity contribution in [2.75, 3.05) is 13.1 Å². The van der Waals surface area contributed by atoms with E-state index in [2.05, 4.69) is 9.39 Å². The molecule has 8 heteroatoms. The molecule has 0 bridgehead atoms. The number of nitrogens with zero attached hydrogens (tertiary/aromatic N) is 1. The van der Waals surface area contributed by atoms with Crippen LogP contribution in [0, 0.1) is 11.6 Å². The van der Waals surface area contributed by atoms with Gasteiger partial charge in [0.15, 0.2) is 0 Å². The first-order chi connectivity index (χ1) is 14.4. The summed E-state index contributed by atoms with van der Waals surface area (Å²) in [5, 5.41) is 21.2.